The van der Waals surface area contributed by atoms with Crippen LogP contribution in [0.4, 0.5) is 4.79 Å². The molecule has 0 aliphatic heterocycles. The van der Waals surface area contributed by atoms with E-state index >= 15 is 0 Å². The first kappa shape index (κ1) is 24.4. The van der Waals surface area contributed by atoms with Crippen molar-refractivity contribution in [2.45, 2.75) is 96.9 Å². The first-order valence-electron chi connectivity index (χ1n) is 10.5. The van der Waals surface area contributed by atoms with E-state index in [1.807, 2.05) is 51.1 Å². The maximum Gasteiger partial charge on any atom is 0.408 e. The van der Waals surface area contributed by atoms with E-state index in [9.17, 15) is 15.0 Å². The lowest BCUT2D eigenvalue weighted by Crippen LogP contribution is -2.59. The molecule has 0 saturated heterocycles. The molecule has 0 fully saturated rings. The fraction of sp³-hybridized carbons (Fsp3) is 0.696. The van der Waals surface area contributed by atoms with Gasteiger partial charge in [-0.25, -0.2) is 4.79 Å². The van der Waals surface area contributed by atoms with Crippen molar-refractivity contribution in [2.75, 3.05) is 6.54 Å². The summed E-state index contributed by atoms with van der Waals surface area (Å²) in [4.78, 5) is 13.5. The quantitative estimate of drug-likeness (QED) is 0.478. The second-order valence-electron chi connectivity index (χ2n) is 9.37. The highest BCUT2D eigenvalue weighted by Gasteiger charge is 2.37. The second-order valence-corrected chi connectivity index (χ2v) is 9.37. The zero-order valence-electron chi connectivity index (χ0n) is 18.5. The third-order valence-electron chi connectivity index (χ3n) is 5.19. The maximum absolute atomic E-state index is 12.1. The van der Waals surface area contributed by atoms with Gasteiger partial charge in [0.15, 0.2) is 0 Å². The predicted octanol–water partition coefficient (Wildman–Crippen LogP) is 4.69. The number of hydrogen-bond donors (Lipinski definition) is 3. The molecule has 0 heterocycles. The van der Waals surface area contributed by atoms with Gasteiger partial charge in [0.1, 0.15) is 0 Å². The van der Waals surface area contributed by atoms with E-state index in [-0.39, 0.29) is 5.54 Å². The maximum atomic E-state index is 12.1. The Morgan fingerprint density at radius 2 is 1.71 bits per heavy atom. The van der Waals surface area contributed by atoms with Gasteiger partial charge in [0, 0.05) is 17.6 Å². The van der Waals surface area contributed by atoms with Gasteiger partial charge in [0.05, 0.1) is 12.1 Å². The first-order chi connectivity index (χ1) is 13.0. The van der Waals surface area contributed by atoms with Gasteiger partial charge in [-0.15, -0.1) is 0 Å². The highest BCUT2D eigenvalue weighted by Crippen LogP contribution is 2.23. The van der Waals surface area contributed by atoms with Gasteiger partial charge in [-0.3, -0.25) is 4.90 Å². The van der Waals surface area contributed by atoms with Gasteiger partial charge < -0.3 is 15.5 Å². The van der Waals surface area contributed by atoms with E-state index < -0.39 is 23.8 Å². The first-order valence-corrected chi connectivity index (χ1v) is 10.5. The number of benzene rings is 1. The standard InChI is InChI=1S/C23H40N2O3/c1-7-8-12-15-23(5,6)24-17-20(26)19(16-18-13-10-9-11-14-18)25(21(27)28)22(2,3)4/h9-11,13-14,19-20,24,26H,7-8,12,15-17H2,1-6H3,(H,27,28)/t19-,20-/m0/s1. The molecule has 0 aromatic heterocycles. The van der Waals surface area contributed by atoms with Crippen molar-refractivity contribution in [1.29, 1.82) is 0 Å². The summed E-state index contributed by atoms with van der Waals surface area (Å²) in [5, 5.41) is 24.4. The summed E-state index contributed by atoms with van der Waals surface area (Å²) in [5.74, 6) is 0. The van der Waals surface area contributed by atoms with E-state index in [0.717, 1.165) is 18.4 Å². The Hall–Kier alpha value is -1.59. The average Bonchev–Trinajstić information content (AvgIpc) is 2.58. The summed E-state index contributed by atoms with van der Waals surface area (Å²) in [7, 11) is 0. The van der Waals surface area contributed by atoms with Gasteiger partial charge in [-0.05, 0) is 53.0 Å². The van der Waals surface area contributed by atoms with E-state index in [4.69, 9.17) is 0 Å². The normalized spacial score (nSPS) is 14.5. The van der Waals surface area contributed by atoms with Crippen LogP contribution in [0, 0.1) is 0 Å². The molecule has 0 radical (unpaired) electrons. The lowest BCUT2D eigenvalue weighted by atomic mass is 9.93. The minimum Gasteiger partial charge on any atom is -0.465 e. The summed E-state index contributed by atoms with van der Waals surface area (Å²) >= 11 is 0. The lowest BCUT2D eigenvalue weighted by Gasteiger charge is -2.42. The number of aliphatic hydroxyl groups excluding tert-OH is 1. The average molecular weight is 393 g/mol. The number of rotatable bonds is 11. The molecular formula is C23H40N2O3. The number of hydrogen-bond acceptors (Lipinski definition) is 3. The molecule has 28 heavy (non-hydrogen) atoms. The van der Waals surface area contributed by atoms with Crippen LogP contribution in [0.5, 0.6) is 0 Å². The number of carboxylic acid groups (broad SMARTS) is 1. The van der Waals surface area contributed by atoms with E-state index in [0.29, 0.717) is 13.0 Å². The molecule has 0 unspecified atom stereocenters. The summed E-state index contributed by atoms with van der Waals surface area (Å²) in [5.41, 5.74) is 0.316. The summed E-state index contributed by atoms with van der Waals surface area (Å²) in [6.45, 7) is 12.4. The van der Waals surface area contributed by atoms with Crippen LogP contribution in [-0.2, 0) is 6.42 Å². The fourth-order valence-electron chi connectivity index (χ4n) is 3.60. The van der Waals surface area contributed by atoms with Crippen LogP contribution in [0.3, 0.4) is 0 Å². The molecule has 0 aliphatic rings. The van der Waals surface area contributed by atoms with E-state index in [2.05, 4.69) is 26.1 Å². The van der Waals surface area contributed by atoms with Gasteiger partial charge in [-0.2, -0.15) is 0 Å². The van der Waals surface area contributed by atoms with Crippen LogP contribution in [0.1, 0.15) is 72.8 Å². The minimum absolute atomic E-state index is 0.0940. The number of nitrogens with one attached hydrogen (secondary N) is 1. The van der Waals surface area contributed by atoms with Gasteiger partial charge >= 0.3 is 6.09 Å². The van der Waals surface area contributed by atoms with Crippen molar-refractivity contribution in [2.24, 2.45) is 0 Å². The molecule has 1 aromatic rings. The lowest BCUT2D eigenvalue weighted by molar-refractivity contribution is 0.00532. The molecule has 2 atom stereocenters. The Labute approximate surface area is 171 Å². The Morgan fingerprint density at radius 1 is 1.11 bits per heavy atom. The Balaban J connectivity index is 2.95. The second kappa shape index (κ2) is 10.8. The summed E-state index contributed by atoms with van der Waals surface area (Å²) < 4.78 is 0. The van der Waals surface area contributed by atoms with Crippen LogP contribution in [0.15, 0.2) is 30.3 Å². The van der Waals surface area contributed by atoms with Crippen LogP contribution >= 0.6 is 0 Å². The molecule has 1 aromatic carbocycles. The van der Waals surface area contributed by atoms with Crippen molar-refractivity contribution in [3.05, 3.63) is 35.9 Å². The van der Waals surface area contributed by atoms with Gasteiger partial charge in [0.25, 0.3) is 0 Å². The highest BCUT2D eigenvalue weighted by atomic mass is 16.4. The van der Waals surface area contributed by atoms with Gasteiger partial charge in [0.2, 0.25) is 0 Å². The number of nitrogens with zero attached hydrogens (tertiary/aromatic N) is 1. The van der Waals surface area contributed by atoms with Crippen molar-refractivity contribution >= 4 is 6.09 Å². The molecule has 0 saturated carbocycles. The SMILES string of the molecule is CCCCCC(C)(C)NC[C@H](O)[C@H](Cc1ccccc1)N(C(=O)O)C(C)(C)C. The molecule has 5 heteroatoms. The molecule has 1 rings (SSSR count). The molecule has 3 N–H and O–H groups in total. The molecule has 0 spiro atoms. The molecule has 160 valence electrons. The Morgan fingerprint density at radius 3 is 2.21 bits per heavy atom. The summed E-state index contributed by atoms with van der Waals surface area (Å²) in [6, 6.07) is 9.24. The number of carbonyl (C=O) groups is 1. The molecule has 1 amide bonds. The molecule has 0 bridgehead atoms. The van der Waals surface area contributed by atoms with Crippen molar-refractivity contribution < 1.29 is 15.0 Å². The minimum atomic E-state index is -1.00. The number of aliphatic hydroxyl groups is 1. The van der Waals surface area contributed by atoms with E-state index in [1.165, 1.54) is 17.7 Å². The van der Waals surface area contributed by atoms with Gasteiger partial charge in [-0.1, -0.05) is 56.5 Å². The van der Waals surface area contributed by atoms with Crippen LogP contribution in [0.2, 0.25) is 0 Å². The molecule has 0 aliphatic carbocycles. The van der Waals surface area contributed by atoms with Crippen molar-refractivity contribution in [1.82, 2.24) is 10.2 Å². The Kier molecular flexibility index (Phi) is 9.45. The molecular weight excluding hydrogens is 352 g/mol. The molecule has 5 nitrogen and oxygen atoms in total. The Bertz CT molecular complexity index is 581. The zero-order chi connectivity index (χ0) is 21.4. The van der Waals surface area contributed by atoms with Crippen LogP contribution in [-0.4, -0.2) is 51.0 Å². The van der Waals surface area contributed by atoms with Crippen molar-refractivity contribution in [3.8, 4) is 0 Å². The number of β-amino-alcohol motifs (C(OH)–C–C–N with tert-alkyl or cyclic N) is 1. The number of amides is 1. The zero-order valence-corrected chi connectivity index (χ0v) is 18.5. The highest BCUT2D eigenvalue weighted by molar-refractivity contribution is 5.66. The van der Waals surface area contributed by atoms with Crippen LogP contribution < -0.4 is 5.32 Å². The number of unbranched alkanes of at least 4 members (excludes halogenated alkanes) is 2. The van der Waals surface area contributed by atoms with Crippen LogP contribution in [0.25, 0.3) is 0 Å². The predicted molar refractivity (Wildman–Crippen MR) is 116 cm³/mol. The third kappa shape index (κ3) is 8.19. The summed E-state index contributed by atoms with van der Waals surface area (Å²) in [6.07, 6.45) is 3.21. The monoisotopic (exact) mass is 392 g/mol. The van der Waals surface area contributed by atoms with Crippen molar-refractivity contribution in [3.63, 3.8) is 0 Å². The fourth-order valence-corrected chi connectivity index (χ4v) is 3.60. The largest absolute Gasteiger partial charge is 0.465 e. The smallest absolute Gasteiger partial charge is 0.408 e. The third-order valence-corrected chi connectivity index (χ3v) is 5.19. The topological polar surface area (TPSA) is 72.8 Å². The van der Waals surface area contributed by atoms with E-state index in [1.54, 1.807) is 0 Å².